The van der Waals surface area contributed by atoms with Crippen molar-refractivity contribution in [3.05, 3.63) is 75.9 Å². The fourth-order valence-corrected chi connectivity index (χ4v) is 4.56. The Hall–Kier alpha value is -4.13. The smallest absolute Gasteiger partial charge is 0.336 e. The van der Waals surface area contributed by atoms with E-state index in [9.17, 15) is 24.6 Å². The normalized spacial score (nSPS) is 10.9. The van der Waals surface area contributed by atoms with Gasteiger partial charge in [0, 0.05) is 40.8 Å². The van der Waals surface area contributed by atoms with Crippen LogP contribution in [0.15, 0.2) is 63.8 Å². The van der Waals surface area contributed by atoms with Crippen molar-refractivity contribution in [1.29, 1.82) is 0 Å². The number of nitrogens with one attached hydrogen (secondary N) is 1. The molecule has 2 aromatic carbocycles. The summed E-state index contributed by atoms with van der Waals surface area (Å²) in [6.45, 7) is 8.97. The third-order valence-electron chi connectivity index (χ3n) is 6.45. The van der Waals surface area contributed by atoms with Crippen LogP contribution in [0.25, 0.3) is 33.4 Å². The summed E-state index contributed by atoms with van der Waals surface area (Å²) in [6.07, 6.45) is 5.43. The van der Waals surface area contributed by atoms with Crippen molar-refractivity contribution in [1.82, 2.24) is 5.32 Å². The number of carbonyl (C=O) groups is 2. The number of carbonyl (C=O) groups excluding carboxylic acids is 1. The molecule has 1 aliphatic carbocycles. The predicted octanol–water partition coefficient (Wildman–Crippen LogP) is 7.33. The van der Waals surface area contributed by atoms with Gasteiger partial charge in [0.25, 0.3) is 5.91 Å². The van der Waals surface area contributed by atoms with Gasteiger partial charge in [-0.15, -0.1) is 0 Å². The van der Waals surface area contributed by atoms with Gasteiger partial charge in [0.1, 0.15) is 17.1 Å². The van der Waals surface area contributed by atoms with Crippen molar-refractivity contribution in [3.63, 3.8) is 0 Å². The van der Waals surface area contributed by atoms with Gasteiger partial charge in [0.15, 0.2) is 5.43 Å². The maximum atomic E-state index is 13.0. The molecule has 39 heavy (non-hydrogen) atoms. The number of phenolic OH excluding ortho intramolecular Hbond substituents is 1. The number of hydrogen-bond acceptors (Lipinski definition) is 5. The van der Waals surface area contributed by atoms with Crippen LogP contribution < -0.4 is 10.7 Å². The van der Waals surface area contributed by atoms with Crippen LogP contribution in [-0.2, 0) is 0 Å². The topological polar surface area (TPSA) is 117 Å². The first-order chi connectivity index (χ1) is 18.7. The zero-order chi connectivity index (χ0) is 28.5. The van der Waals surface area contributed by atoms with Gasteiger partial charge < -0.3 is 19.9 Å². The molecule has 206 valence electrons. The Bertz CT molecular complexity index is 1470. The minimum absolute atomic E-state index is 0.00905. The lowest BCUT2D eigenvalue weighted by Crippen LogP contribution is -2.24. The van der Waals surface area contributed by atoms with E-state index in [-0.39, 0.29) is 34.0 Å². The van der Waals surface area contributed by atoms with E-state index < -0.39 is 5.97 Å². The molecule has 2 aliphatic rings. The summed E-state index contributed by atoms with van der Waals surface area (Å²) in [6, 6.07) is 13.3. The molecule has 0 saturated heterocycles. The van der Waals surface area contributed by atoms with E-state index in [1.165, 1.54) is 49.2 Å². The summed E-state index contributed by atoms with van der Waals surface area (Å²) in [7, 11) is 0. The van der Waals surface area contributed by atoms with Gasteiger partial charge >= 0.3 is 5.97 Å². The fraction of sp³-hybridized carbons (Fsp3) is 0.344. The molecule has 0 unspecified atom stereocenters. The largest absolute Gasteiger partial charge is 0.508 e. The molecule has 7 heteroatoms. The molecule has 3 N–H and O–H groups in total. The minimum Gasteiger partial charge on any atom is -0.508 e. The molecule has 0 aromatic heterocycles. The first kappa shape index (κ1) is 29.4. The molecule has 7 nitrogen and oxygen atoms in total. The molecule has 1 heterocycles. The number of aromatic hydroxyl groups is 1. The first-order valence-corrected chi connectivity index (χ1v) is 13.6. The summed E-state index contributed by atoms with van der Waals surface area (Å²) in [5.41, 5.74) is 1.72. The summed E-state index contributed by atoms with van der Waals surface area (Å²) < 4.78 is 5.87. The molecular formula is C32H37NO6. The van der Waals surface area contributed by atoms with E-state index in [1.807, 2.05) is 13.8 Å². The Morgan fingerprint density at radius 1 is 0.897 bits per heavy atom. The fourth-order valence-electron chi connectivity index (χ4n) is 4.56. The van der Waals surface area contributed by atoms with E-state index in [0.717, 1.165) is 19.3 Å². The van der Waals surface area contributed by atoms with Gasteiger partial charge in [-0.05, 0) is 60.4 Å². The van der Waals surface area contributed by atoms with Crippen molar-refractivity contribution in [2.24, 2.45) is 5.92 Å². The monoisotopic (exact) mass is 531 g/mol. The maximum absolute atomic E-state index is 13.0. The van der Waals surface area contributed by atoms with Gasteiger partial charge in [-0.1, -0.05) is 53.4 Å². The molecule has 0 atom stereocenters. The highest BCUT2D eigenvalue weighted by molar-refractivity contribution is 6.09. The maximum Gasteiger partial charge on any atom is 0.336 e. The Kier molecular flexibility index (Phi) is 10.3. The number of carboxylic acids is 1. The van der Waals surface area contributed by atoms with Gasteiger partial charge in [0.05, 0.1) is 5.56 Å². The molecule has 2 aromatic rings. The summed E-state index contributed by atoms with van der Waals surface area (Å²) in [5.74, 6) is -0.512. The van der Waals surface area contributed by atoms with Crippen LogP contribution in [0.5, 0.6) is 5.75 Å². The second kappa shape index (κ2) is 13.6. The highest BCUT2D eigenvalue weighted by Gasteiger charge is 2.23. The van der Waals surface area contributed by atoms with E-state index in [0.29, 0.717) is 40.1 Å². The summed E-state index contributed by atoms with van der Waals surface area (Å²) in [4.78, 5) is 37.1. The second-order valence-electron chi connectivity index (χ2n) is 9.73. The predicted molar refractivity (Wildman–Crippen MR) is 155 cm³/mol. The van der Waals surface area contributed by atoms with Crippen LogP contribution in [0.1, 0.15) is 80.5 Å². The minimum atomic E-state index is -1.15. The molecule has 0 bridgehead atoms. The average molecular weight is 532 g/mol. The van der Waals surface area contributed by atoms with Crippen molar-refractivity contribution in [2.45, 2.75) is 59.8 Å². The van der Waals surface area contributed by atoms with Crippen LogP contribution >= 0.6 is 0 Å². The third kappa shape index (κ3) is 7.25. The number of aromatic carboxylic acids is 1. The zero-order valence-electron chi connectivity index (χ0n) is 23.0. The van der Waals surface area contributed by atoms with Crippen LogP contribution in [0, 0.1) is 5.92 Å². The molecule has 0 saturated carbocycles. The molecule has 1 aliphatic heterocycles. The Morgan fingerprint density at radius 2 is 1.64 bits per heavy atom. The summed E-state index contributed by atoms with van der Waals surface area (Å²) >= 11 is 0. The van der Waals surface area contributed by atoms with Crippen molar-refractivity contribution >= 4 is 22.8 Å². The Labute approximate surface area is 228 Å². The number of carboxylic acid groups (broad SMARTS) is 1. The molecule has 0 radical (unpaired) electrons. The van der Waals surface area contributed by atoms with E-state index >= 15 is 0 Å². The molecule has 1 amide bonds. The van der Waals surface area contributed by atoms with E-state index in [1.54, 1.807) is 18.2 Å². The van der Waals surface area contributed by atoms with Crippen molar-refractivity contribution in [2.75, 3.05) is 6.54 Å². The van der Waals surface area contributed by atoms with Gasteiger partial charge in [-0.2, -0.15) is 0 Å². The van der Waals surface area contributed by atoms with Crippen molar-refractivity contribution in [3.8, 4) is 28.2 Å². The highest BCUT2D eigenvalue weighted by Crippen LogP contribution is 2.42. The third-order valence-corrected chi connectivity index (χ3v) is 6.45. The van der Waals surface area contributed by atoms with E-state index in [2.05, 4.69) is 19.2 Å². The molecule has 0 fully saturated rings. The van der Waals surface area contributed by atoms with Crippen LogP contribution in [-0.4, -0.2) is 28.6 Å². The lowest BCUT2D eigenvalue weighted by Gasteiger charge is -2.17. The number of rotatable bonds is 10. The number of fused-ring (bicyclic) bond motifs is 2. The lowest BCUT2D eigenvalue weighted by molar-refractivity contribution is 0.0697. The number of unbranched alkanes of at least 4 members (excludes halogenated alkanes) is 3. The standard InChI is InChI=1S/C30H31NO6.C2H6/c1-18(2)7-5-3-4-6-14-31-29(34)19-8-11-22(30(35)36)25(15-19)28-23-12-9-20(32)16-26(23)37-27-17-21(33)10-13-24(27)28;1-2/h8-13,15-18,32H,3-7,14H2,1-2H3,(H,31,34)(H,35,36);1-2H3. The quantitative estimate of drug-likeness (QED) is 0.146. The number of hydrogen-bond donors (Lipinski definition) is 3. The number of benzene rings is 3. The highest BCUT2D eigenvalue weighted by atomic mass is 16.4. The second-order valence-corrected chi connectivity index (χ2v) is 9.73. The van der Waals surface area contributed by atoms with E-state index in [4.69, 9.17) is 4.42 Å². The average Bonchev–Trinajstić information content (AvgIpc) is 2.91. The molecule has 0 spiro atoms. The van der Waals surface area contributed by atoms with Gasteiger partial charge in [0.2, 0.25) is 0 Å². The molecule has 4 rings (SSSR count). The SMILES string of the molecule is CC.CC(C)CCCCCCNC(=O)c1ccc(C(=O)O)c(-c2c3ccc(=O)cc-3oc3cc(O)ccc23)c1. The van der Waals surface area contributed by atoms with Gasteiger partial charge in [-0.25, -0.2) is 4.79 Å². The van der Waals surface area contributed by atoms with Crippen LogP contribution in [0.3, 0.4) is 0 Å². The molecular weight excluding hydrogens is 494 g/mol. The first-order valence-electron chi connectivity index (χ1n) is 13.6. The number of amides is 1. The lowest BCUT2D eigenvalue weighted by atomic mass is 9.89. The summed E-state index contributed by atoms with van der Waals surface area (Å²) in [5, 5.41) is 23.4. The van der Waals surface area contributed by atoms with Crippen LogP contribution in [0.4, 0.5) is 0 Å². The number of phenols is 1. The van der Waals surface area contributed by atoms with Crippen molar-refractivity contribution < 1.29 is 24.2 Å². The Balaban J connectivity index is 0.00000205. The van der Waals surface area contributed by atoms with Gasteiger partial charge in [-0.3, -0.25) is 9.59 Å². The van der Waals surface area contributed by atoms with Crippen LogP contribution in [0.2, 0.25) is 0 Å². The zero-order valence-corrected chi connectivity index (χ0v) is 23.0. The Morgan fingerprint density at radius 3 is 2.36 bits per heavy atom.